The van der Waals surface area contributed by atoms with E-state index >= 15 is 0 Å². The second kappa shape index (κ2) is 5.64. The van der Waals surface area contributed by atoms with Gasteiger partial charge in [0.15, 0.2) is 0 Å². The van der Waals surface area contributed by atoms with Gasteiger partial charge in [0, 0.05) is 23.7 Å². The molecule has 0 unspecified atom stereocenters. The molecule has 0 radical (unpaired) electrons. The van der Waals surface area contributed by atoms with Gasteiger partial charge >= 0.3 is 0 Å². The Labute approximate surface area is 131 Å². The van der Waals surface area contributed by atoms with Crippen molar-refractivity contribution in [2.45, 2.75) is 39.5 Å². The van der Waals surface area contributed by atoms with Crippen molar-refractivity contribution in [2.75, 3.05) is 11.4 Å². The smallest absolute Gasteiger partial charge is 0.141 e. The molecule has 0 N–H and O–H groups in total. The first-order valence-electron chi connectivity index (χ1n) is 7.48. The van der Waals surface area contributed by atoms with Crippen LogP contribution >= 0.6 is 11.6 Å². The monoisotopic (exact) mass is 301 g/mol. The van der Waals surface area contributed by atoms with Crippen molar-refractivity contribution >= 4 is 23.1 Å². The summed E-state index contributed by atoms with van der Waals surface area (Å²) in [7, 11) is 0. The molecule has 3 nitrogen and oxygen atoms in total. The van der Waals surface area contributed by atoms with Crippen LogP contribution in [0.5, 0.6) is 0 Å². The number of benzene rings is 1. The number of aromatic nitrogens is 2. The minimum Gasteiger partial charge on any atom is -0.326 e. The van der Waals surface area contributed by atoms with Gasteiger partial charge in [0.1, 0.15) is 16.8 Å². The highest BCUT2D eigenvalue weighted by molar-refractivity contribution is 6.30. The lowest BCUT2D eigenvalue weighted by molar-refractivity contribution is 0.883. The van der Waals surface area contributed by atoms with Crippen LogP contribution in [0.3, 0.4) is 0 Å². The van der Waals surface area contributed by atoms with Gasteiger partial charge in [-0.2, -0.15) is 0 Å². The van der Waals surface area contributed by atoms with Gasteiger partial charge in [-0.05, 0) is 51.3 Å². The van der Waals surface area contributed by atoms with E-state index in [1.807, 2.05) is 6.92 Å². The standard InChI is InChI=1S/C17H20ClN3/c1-4-21(14-7-5-6-11(2)10-14)17-12(3)15(18)19-16(20-17)13-8-9-13/h5-7,10,13H,4,8-9H2,1-3H3. The van der Waals surface area contributed by atoms with Gasteiger partial charge in [-0.25, -0.2) is 9.97 Å². The molecule has 0 spiro atoms. The van der Waals surface area contributed by atoms with Crippen LogP contribution < -0.4 is 4.90 Å². The van der Waals surface area contributed by atoms with Crippen molar-refractivity contribution in [1.29, 1.82) is 0 Å². The molecule has 0 atom stereocenters. The highest BCUT2D eigenvalue weighted by atomic mass is 35.5. The molecule has 0 bridgehead atoms. The van der Waals surface area contributed by atoms with Crippen LogP contribution in [0.4, 0.5) is 11.5 Å². The Hall–Kier alpha value is -1.61. The topological polar surface area (TPSA) is 29.0 Å². The largest absolute Gasteiger partial charge is 0.326 e. The van der Waals surface area contributed by atoms with Gasteiger partial charge in [-0.15, -0.1) is 0 Å². The van der Waals surface area contributed by atoms with E-state index in [1.54, 1.807) is 0 Å². The first-order valence-corrected chi connectivity index (χ1v) is 7.86. The SMILES string of the molecule is CCN(c1cccc(C)c1)c1nc(C2CC2)nc(Cl)c1C. The summed E-state index contributed by atoms with van der Waals surface area (Å²) >= 11 is 6.33. The van der Waals surface area contributed by atoms with E-state index in [1.165, 1.54) is 18.4 Å². The van der Waals surface area contributed by atoms with Crippen LogP contribution in [-0.2, 0) is 0 Å². The van der Waals surface area contributed by atoms with Crippen LogP contribution in [0.2, 0.25) is 5.15 Å². The lowest BCUT2D eigenvalue weighted by Gasteiger charge is -2.25. The zero-order valence-corrected chi connectivity index (χ0v) is 13.5. The third-order valence-corrected chi connectivity index (χ3v) is 4.27. The molecule has 1 heterocycles. The summed E-state index contributed by atoms with van der Waals surface area (Å²) in [6.45, 7) is 7.08. The molecule has 1 fully saturated rings. The van der Waals surface area contributed by atoms with E-state index in [2.05, 4.69) is 48.0 Å². The van der Waals surface area contributed by atoms with Crippen molar-refractivity contribution in [2.24, 2.45) is 0 Å². The fourth-order valence-corrected chi connectivity index (χ4v) is 2.70. The Bertz CT molecular complexity index is 665. The van der Waals surface area contributed by atoms with Gasteiger partial charge in [-0.1, -0.05) is 23.7 Å². The second-order valence-corrected chi connectivity index (χ2v) is 6.04. The summed E-state index contributed by atoms with van der Waals surface area (Å²) < 4.78 is 0. The third-order valence-electron chi connectivity index (χ3n) is 3.91. The molecule has 1 aromatic carbocycles. The quantitative estimate of drug-likeness (QED) is 0.761. The molecule has 0 saturated heterocycles. The Morgan fingerprint density at radius 3 is 2.62 bits per heavy atom. The lowest BCUT2D eigenvalue weighted by Crippen LogP contribution is -2.20. The Morgan fingerprint density at radius 1 is 1.24 bits per heavy atom. The molecule has 1 aromatic heterocycles. The molecule has 21 heavy (non-hydrogen) atoms. The van der Waals surface area contributed by atoms with Crippen molar-refractivity contribution in [3.63, 3.8) is 0 Å². The number of anilines is 2. The van der Waals surface area contributed by atoms with Crippen molar-refractivity contribution in [1.82, 2.24) is 9.97 Å². The summed E-state index contributed by atoms with van der Waals surface area (Å²) in [6, 6.07) is 8.47. The summed E-state index contributed by atoms with van der Waals surface area (Å²) in [5.41, 5.74) is 3.34. The highest BCUT2D eigenvalue weighted by Crippen LogP contribution is 2.40. The van der Waals surface area contributed by atoms with Crippen LogP contribution in [-0.4, -0.2) is 16.5 Å². The Kier molecular flexibility index (Phi) is 3.85. The summed E-state index contributed by atoms with van der Waals surface area (Å²) in [6.07, 6.45) is 2.35. The zero-order chi connectivity index (χ0) is 15.0. The minimum absolute atomic E-state index is 0.498. The molecule has 0 aliphatic heterocycles. The van der Waals surface area contributed by atoms with Crippen molar-refractivity contribution in [3.05, 3.63) is 46.4 Å². The summed E-state index contributed by atoms with van der Waals surface area (Å²) in [5, 5.41) is 0.577. The fraction of sp³-hybridized carbons (Fsp3) is 0.412. The van der Waals surface area contributed by atoms with Crippen LogP contribution in [0.1, 0.15) is 42.6 Å². The lowest BCUT2D eigenvalue weighted by atomic mass is 10.2. The molecule has 1 aliphatic carbocycles. The highest BCUT2D eigenvalue weighted by Gasteiger charge is 2.29. The fourth-order valence-electron chi connectivity index (χ4n) is 2.53. The average molecular weight is 302 g/mol. The maximum Gasteiger partial charge on any atom is 0.141 e. The minimum atomic E-state index is 0.498. The van der Waals surface area contributed by atoms with E-state index in [-0.39, 0.29) is 0 Å². The molecule has 110 valence electrons. The molecular formula is C17H20ClN3. The Morgan fingerprint density at radius 2 is 2.00 bits per heavy atom. The van der Waals surface area contributed by atoms with E-state index < -0.39 is 0 Å². The van der Waals surface area contributed by atoms with Gasteiger partial charge in [0.25, 0.3) is 0 Å². The molecular weight excluding hydrogens is 282 g/mol. The number of nitrogens with zero attached hydrogens (tertiary/aromatic N) is 3. The van der Waals surface area contributed by atoms with Crippen LogP contribution in [0, 0.1) is 13.8 Å². The van der Waals surface area contributed by atoms with Gasteiger partial charge in [-0.3, -0.25) is 0 Å². The van der Waals surface area contributed by atoms with E-state index in [9.17, 15) is 0 Å². The molecule has 1 aliphatic rings. The van der Waals surface area contributed by atoms with Crippen LogP contribution in [0.15, 0.2) is 24.3 Å². The zero-order valence-electron chi connectivity index (χ0n) is 12.7. The summed E-state index contributed by atoms with van der Waals surface area (Å²) in [5.74, 6) is 2.33. The maximum absolute atomic E-state index is 6.33. The number of rotatable bonds is 4. The average Bonchev–Trinajstić information content (AvgIpc) is 3.28. The van der Waals surface area contributed by atoms with Crippen molar-refractivity contribution in [3.8, 4) is 0 Å². The summed E-state index contributed by atoms with van der Waals surface area (Å²) in [4.78, 5) is 11.5. The maximum atomic E-state index is 6.33. The van der Waals surface area contributed by atoms with Gasteiger partial charge in [0.05, 0.1) is 0 Å². The van der Waals surface area contributed by atoms with Gasteiger partial charge < -0.3 is 4.90 Å². The first-order chi connectivity index (χ1) is 10.1. The molecule has 1 saturated carbocycles. The normalized spacial score (nSPS) is 14.3. The number of hydrogen-bond acceptors (Lipinski definition) is 3. The predicted molar refractivity (Wildman–Crippen MR) is 87.6 cm³/mol. The first kappa shape index (κ1) is 14.3. The molecule has 3 rings (SSSR count). The van der Waals surface area contributed by atoms with E-state index in [0.29, 0.717) is 11.1 Å². The number of hydrogen-bond donors (Lipinski definition) is 0. The van der Waals surface area contributed by atoms with Crippen LogP contribution in [0.25, 0.3) is 0 Å². The molecule has 4 heteroatoms. The predicted octanol–water partition coefficient (Wildman–Crippen LogP) is 4.78. The number of halogens is 1. The number of aryl methyl sites for hydroxylation is 1. The second-order valence-electron chi connectivity index (χ2n) is 5.68. The van der Waals surface area contributed by atoms with E-state index in [0.717, 1.165) is 29.4 Å². The van der Waals surface area contributed by atoms with Gasteiger partial charge in [0.2, 0.25) is 0 Å². The van der Waals surface area contributed by atoms with Crippen molar-refractivity contribution < 1.29 is 0 Å². The molecule has 0 amide bonds. The van der Waals surface area contributed by atoms with E-state index in [4.69, 9.17) is 16.6 Å². The third kappa shape index (κ3) is 2.88. The Balaban J connectivity index is 2.07. The molecule has 2 aromatic rings.